The van der Waals surface area contributed by atoms with Crippen molar-refractivity contribution in [1.82, 2.24) is 19.8 Å². The molecule has 3 aromatic rings. The molecule has 412 valence electrons. The number of nitrogens with zero attached hydrogens (tertiary/aromatic N) is 3. The number of benzene rings is 3. The van der Waals surface area contributed by atoms with Crippen molar-refractivity contribution >= 4 is 60.7 Å². The van der Waals surface area contributed by atoms with Crippen LogP contribution in [0.4, 0.5) is 33.3 Å². The monoisotopic (exact) mass is 1110 g/mol. The van der Waals surface area contributed by atoms with Gasteiger partial charge in [0.25, 0.3) is 25.8 Å². The maximum absolute atomic E-state index is 14.3. The van der Waals surface area contributed by atoms with Crippen LogP contribution in [0.25, 0.3) is 0 Å². The fourth-order valence-corrected chi connectivity index (χ4v) is 12.6. The normalized spacial score (nSPS) is 18.2. The van der Waals surface area contributed by atoms with Crippen molar-refractivity contribution in [3.63, 3.8) is 0 Å². The molecule has 3 aromatic carbocycles. The number of nitrogens with one attached hydrogen (secondary N) is 3. The van der Waals surface area contributed by atoms with Crippen molar-refractivity contribution in [2.75, 3.05) is 74.9 Å². The Hall–Kier alpha value is -5.03. The van der Waals surface area contributed by atoms with E-state index in [2.05, 4.69) is 45.8 Å². The van der Waals surface area contributed by atoms with Crippen LogP contribution >= 0.6 is 11.8 Å². The number of sulfonamides is 1. The number of thioether (sulfide) groups is 1. The Balaban J connectivity index is 1.10. The predicted molar refractivity (Wildman–Crippen MR) is 283 cm³/mol. The summed E-state index contributed by atoms with van der Waals surface area (Å²) in [5.74, 6) is -1.56. The van der Waals surface area contributed by atoms with Crippen LogP contribution in [-0.4, -0.2) is 127 Å². The van der Waals surface area contributed by atoms with Crippen molar-refractivity contribution in [3.8, 4) is 0 Å². The van der Waals surface area contributed by atoms with E-state index in [1.165, 1.54) is 29.5 Å². The molecule has 5 N–H and O–H groups in total. The summed E-state index contributed by atoms with van der Waals surface area (Å²) in [7, 11) is -11.1. The molecule has 0 saturated carbocycles. The summed E-state index contributed by atoms with van der Waals surface area (Å²) < 4.78 is 125. The fourth-order valence-electron chi connectivity index (χ4n) is 9.63. The number of unbranched alkanes of at least 4 members (excludes halogenated alkanes) is 2. The average Bonchev–Trinajstić information content (AvgIpc) is 3.85. The van der Waals surface area contributed by atoms with E-state index >= 15 is 0 Å². The number of sulfone groups is 1. The number of hydrogen-bond acceptors (Lipinski definition) is 12. The minimum Gasteiger partial charge on any atom is -0.380 e. The number of rotatable bonds is 26. The lowest BCUT2D eigenvalue weighted by Crippen LogP contribution is -2.47. The van der Waals surface area contributed by atoms with Gasteiger partial charge in [0.2, 0.25) is 18.2 Å². The van der Waals surface area contributed by atoms with Gasteiger partial charge in [-0.1, -0.05) is 56.2 Å². The molecule has 2 fully saturated rings. The van der Waals surface area contributed by atoms with Crippen molar-refractivity contribution in [2.45, 2.75) is 117 Å². The molecule has 75 heavy (non-hydrogen) atoms. The second-order valence-corrected chi connectivity index (χ2v) is 25.1. The average molecular weight is 1110 g/mol. The number of amides is 3. The largest absolute Gasteiger partial charge is 0.501 e. The molecular formula is C53H70F5N7O7S3. The summed E-state index contributed by atoms with van der Waals surface area (Å²) in [5.41, 5.74) is 2.80. The molecule has 2 heterocycles. The first kappa shape index (κ1) is 59.2. The Morgan fingerprint density at radius 1 is 0.880 bits per heavy atom. The van der Waals surface area contributed by atoms with Gasteiger partial charge in [-0.3, -0.25) is 19.3 Å². The summed E-state index contributed by atoms with van der Waals surface area (Å²) >= 11 is 1.39. The fraction of sp³-hybridized carbons (Fsp3) is 0.528. The zero-order valence-corrected chi connectivity index (χ0v) is 45.1. The number of halogens is 5. The van der Waals surface area contributed by atoms with E-state index in [0.717, 1.165) is 59.5 Å². The Morgan fingerprint density at radius 3 is 2.25 bits per heavy atom. The van der Waals surface area contributed by atoms with Crippen molar-refractivity contribution in [1.29, 1.82) is 0 Å². The molecular weight excluding hydrogens is 1040 g/mol. The molecule has 2 saturated heterocycles. The lowest BCUT2D eigenvalue weighted by atomic mass is 9.72. The first-order chi connectivity index (χ1) is 35.4. The van der Waals surface area contributed by atoms with Gasteiger partial charge in [-0.25, -0.2) is 30.3 Å². The second-order valence-electron chi connectivity index (χ2n) is 20.4. The highest BCUT2D eigenvalue weighted by Crippen LogP contribution is 2.43. The number of alkyl halides is 5. The van der Waals surface area contributed by atoms with Crippen LogP contribution < -0.4 is 26.0 Å². The topological polar surface area (TPSA) is 191 Å². The van der Waals surface area contributed by atoms with Crippen LogP contribution in [0.3, 0.4) is 0 Å². The Kier molecular flexibility index (Phi) is 20.8. The lowest BCUT2D eigenvalue weighted by Gasteiger charge is -2.39. The van der Waals surface area contributed by atoms with Gasteiger partial charge in [-0.2, -0.15) is 13.2 Å². The van der Waals surface area contributed by atoms with Crippen LogP contribution in [0.15, 0.2) is 111 Å². The molecule has 2 aliphatic heterocycles. The van der Waals surface area contributed by atoms with E-state index in [-0.39, 0.29) is 53.7 Å². The van der Waals surface area contributed by atoms with Gasteiger partial charge in [-0.05, 0) is 123 Å². The number of allylic oxidation sites excluding steroid dienone is 2. The summed E-state index contributed by atoms with van der Waals surface area (Å²) in [4.78, 5) is 42.5. The number of piperazine rings is 1. The minimum atomic E-state index is -6.15. The van der Waals surface area contributed by atoms with Gasteiger partial charge in [0.15, 0.2) is 0 Å². The Labute approximate surface area is 442 Å². The Morgan fingerprint density at radius 2 is 1.59 bits per heavy atom. The minimum absolute atomic E-state index is 0.0569. The number of primary amides is 1. The molecule has 3 aliphatic rings. The number of carbonyl (C=O) groups is 3. The third-order valence-electron chi connectivity index (χ3n) is 14.0. The number of hydrogen-bond donors (Lipinski definition) is 4. The summed E-state index contributed by atoms with van der Waals surface area (Å²) in [6, 6.07) is 17.0. The maximum Gasteiger partial charge on any atom is 0.501 e. The third kappa shape index (κ3) is 17.2. The quantitative estimate of drug-likeness (QED) is 0.0340. The first-order valence-electron chi connectivity index (χ1n) is 25.4. The number of likely N-dealkylation sites (tertiary alicyclic amines) is 1. The first-order valence-corrected chi connectivity index (χ1v) is 29.4. The second kappa shape index (κ2) is 26.3. The highest BCUT2D eigenvalue weighted by Gasteiger charge is 2.48. The van der Waals surface area contributed by atoms with E-state index in [9.17, 15) is 53.2 Å². The van der Waals surface area contributed by atoms with Crippen LogP contribution in [0.2, 0.25) is 0 Å². The van der Waals surface area contributed by atoms with Gasteiger partial charge in [0.1, 0.15) is 4.90 Å². The highest BCUT2D eigenvalue weighted by molar-refractivity contribution is 7.99. The molecule has 0 spiro atoms. The van der Waals surface area contributed by atoms with Gasteiger partial charge < -0.3 is 26.2 Å². The summed E-state index contributed by atoms with van der Waals surface area (Å²) in [6.45, 7) is 13.9. The molecule has 2 atom stereocenters. The molecule has 3 amide bonds. The van der Waals surface area contributed by atoms with Crippen molar-refractivity contribution in [3.05, 3.63) is 102 Å². The van der Waals surface area contributed by atoms with Crippen LogP contribution in [0, 0.1) is 11.3 Å². The zero-order chi connectivity index (χ0) is 54.6. The number of nitrogens with two attached hydrogens (primary N) is 1. The van der Waals surface area contributed by atoms with Crippen LogP contribution in [0.1, 0.15) is 94.8 Å². The van der Waals surface area contributed by atoms with Crippen LogP contribution in [-0.2, 0) is 29.4 Å². The van der Waals surface area contributed by atoms with E-state index in [0.29, 0.717) is 90.7 Å². The standard InChI is InChI=1S/C53H70F5N7O7S3/c1-37(13-20-48(54)55)45-33-52(2,3)24-21-39(45)34-64-28-30-65(31-29-64)42-16-14-38(15-17-42)51(68)62-75(71,72)44-18-19-46(47(32-44)74(69,70)53(56,57)58)61-41(36-73-43-10-6-4-7-11-43)23-27-63-26-22-40(35-63)50(67)60-25-9-5-8-12-49(59)66/h4,6-7,10-11,14-19,32,40-41,48,61H,1,5,8-9,12-13,20-31,33-36H2,2-3H3,(H2,59,66)(H,60,67)(H,62,68)/t40-,41-/m1/s1. The SMILES string of the molecule is C=C(CCC(F)F)C1=C(CN2CCN(c3ccc(C(=O)NS(=O)(=O)c4ccc(N[C@H](CCN5CC[C@@H](C(=O)NCCCCCC(N)=O)C5)CSc5ccccc5)c(S(=O)(=O)C(F)(F)F)c4)cc3)CC2)CCC(C)(C)C1. The summed E-state index contributed by atoms with van der Waals surface area (Å²) in [6.07, 6.45) is 3.58. The number of anilines is 2. The van der Waals surface area contributed by atoms with E-state index < -0.39 is 59.2 Å². The molecule has 1 aliphatic carbocycles. The highest BCUT2D eigenvalue weighted by atomic mass is 32.2. The number of carbonyl (C=O) groups excluding carboxylic acids is 3. The summed E-state index contributed by atoms with van der Waals surface area (Å²) in [5, 5.41) is 5.91. The zero-order valence-electron chi connectivity index (χ0n) is 42.6. The maximum atomic E-state index is 14.3. The van der Waals surface area contributed by atoms with Crippen molar-refractivity contribution in [2.24, 2.45) is 17.1 Å². The molecule has 14 nitrogen and oxygen atoms in total. The molecule has 0 unspecified atom stereocenters. The lowest BCUT2D eigenvalue weighted by molar-refractivity contribution is -0.124. The van der Waals surface area contributed by atoms with Gasteiger partial charge >= 0.3 is 5.51 Å². The molecule has 0 bridgehead atoms. The molecule has 0 aromatic heterocycles. The smallest absolute Gasteiger partial charge is 0.380 e. The molecule has 0 radical (unpaired) electrons. The van der Waals surface area contributed by atoms with E-state index in [1.54, 1.807) is 12.1 Å². The third-order valence-corrected chi connectivity index (χ3v) is 18.1. The van der Waals surface area contributed by atoms with Gasteiger partial charge in [0, 0.05) is 93.1 Å². The predicted octanol–water partition coefficient (Wildman–Crippen LogP) is 8.78. The Bertz CT molecular complexity index is 2720. The van der Waals surface area contributed by atoms with Gasteiger partial charge in [-0.15, -0.1) is 11.8 Å². The van der Waals surface area contributed by atoms with Crippen LogP contribution in [0.5, 0.6) is 0 Å². The van der Waals surface area contributed by atoms with E-state index in [1.807, 2.05) is 35.1 Å². The van der Waals surface area contributed by atoms with E-state index in [4.69, 9.17) is 5.73 Å². The van der Waals surface area contributed by atoms with Crippen molar-refractivity contribution < 1.29 is 53.2 Å². The molecule has 6 rings (SSSR count). The van der Waals surface area contributed by atoms with Gasteiger partial charge in [0.05, 0.1) is 16.5 Å². The molecule has 22 heteroatoms.